The second-order valence-electron chi connectivity index (χ2n) is 6.85. The van der Waals surface area contributed by atoms with Gasteiger partial charge < -0.3 is 5.32 Å². The first kappa shape index (κ1) is 20.8. The quantitative estimate of drug-likeness (QED) is 0.445. The molecule has 0 spiro atoms. The van der Waals surface area contributed by atoms with Crippen molar-refractivity contribution >= 4 is 38.8 Å². The number of nitrogens with one attached hydrogen (secondary N) is 2. The van der Waals surface area contributed by atoms with Crippen molar-refractivity contribution in [3.8, 4) is 5.82 Å². The zero-order valence-electron chi connectivity index (χ0n) is 16.7. The van der Waals surface area contributed by atoms with Crippen molar-refractivity contribution in [2.75, 3.05) is 10.0 Å². The van der Waals surface area contributed by atoms with Gasteiger partial charge in [-0.25, -0.2) is 23.4 Å². The highest BCUT2D eigenvalue weighted by atomic mass is 35.5. The summed E-state index contributed by atoms with van der Waals surface area (Å²) in [4.78, 5) is 12.9. The van der Waals surface area contributed by atoms with E-state index in [2.05, 4.69) is 25.0 Å². The summed E-state index contributed by atoms with van der Waals surface area (Å²) in [7, 11) is -3.74. The van der Waals surface area contributed by atoms with E-state index in [-0.39, 0.29) is 4.90 Å². The SMILES string of the molecule is Cc1nc(Nc2ccc(NS(=O)(=O)c3ccc(C)c(Cl)c3)cc2)cc(-n2ccnc2)n1. The van der Waals surface area contributed by atoms with Gasteiger partial charge in [0.1, 0.15) is 23.8 Å². The molecule has 10 heteroatoms. The topological polar surface area (TPSA) is 102 Å². The van der Waals surface area contributed by atoms with Crippen molar-refractivity contribution in [3.63, 3.8) is 0 Å². The first-order valence-electron chi connectivity index (χ1n) is 9.30. The fourth-order valence-electron chi connectivity index (χ4n) is 2.87. The van der Waals surface area contributed by atoms with Crippen LogP contribution >= 0.6 is 11.6 Å². The van der Waals surface area contributed by atoms with Crippen LogP contribution < -0.4 is 10.0 Å². The summed E-state index contributed by atoms with van der Waals surface area (Å²) in [6, 6.07) is 13.3. The van der Waals surface area contributed by atoms with Crippen molar-refractivity contribution in [1.29, 1.82) is 0 Å². The predicted molar refractivity (Wildman–Crippen MR) is 121 cm³/mol. The summed E-state index contributed by atoms with van der Waals surface area (Å²) < 4.78 is 29.6. The zero-order chi connectivity index (χ0) is 22.0. The Hall–Kier alpha value is -3.43. The molecule has 0 unspecified atom stereocenters. The monoisotopic (exact) mass is 454 g/mol. The molecule has 0 radical (unpaired) electrons. The Morgan fingerprint density at radius 1 is 0.968 bits per heavy atom. The summed E-state index contributed by atoms with van der Waals surface area (Å²) in [6.45, 7) is 3.62. The van der Waals surface area contributed by atoms with E-state index in [1.54, 1.807) is 66.6 Å². The molecule has 158 valence electrons. The fraction of sp³-hybridized carbons (Fsp3) is 0.0952. The Kier molecular flexibility index (Phi) is 5.62. The lowest BCUT2D eigenvalue weighted by molar-refractivity contribution is 0.601. The van der Waals surface area contributed by atoms with Crippen molar-refractivity contribution in [2.24, 2.45) is 0 Å². The average Bonchev–Trinajstić information content (AvgIpc) is 3.26. The minimum Gasteiger partial charge on any atom is -0.340 e. The number of hydrogen-bond acceptors (Lipinski definition) is 6. The number of aryl methyl sites for hydroxylation is 2. The molecular weight excluding hydrogens is 436 g/mol. The highest BCUT2D eigenvalue weighted by Crippen LogP contribution is 2.24. The minimum absolute atomic E-state index is 0.105. The van der Waals surface area contributed by atoms with E-state index in [1.807, 2.05) is 6.92 Å². The van der Waals surface area contributed by atoms with Crippen LogP contribution in [0.1, 0.15) is 11.4 Å². The molecule has 2 aromatic heterocycles. The predicted octanol–water partition coefficient (Wildman–Crippen LogP) is 4.48. The van der Waals surface area contributed by atoms with Gasteiger partial charge in [-0.05, 0) is 55.8 Å². The Morgan fingerprint density at radius 3 is 2.39 bits per heavy atom. The molecule has 0 aliphatic heterocycles. The molecular formula is C21H19ClN6O2S. The molecule has 0 saturated heterocycles. The lowest BCUT2D eigenvalue weighted by Crippen LogP contribution is -2.13. The smallest absolute Gasteiger partial charge is 0.261 e. The average molecular weight is 455 g/mol. The molecule has 0 bridgehead atoms. The second kappa shape index (κ2) is 8.37. The summed E-state index contributed by atoms with van der Waals surface area (Å²) in [5.41, 5.74) is 1.99. The van der Waals surface area contributed by atoms with Crippen LogP contribution in [0.5, 0.6) is 0 Å². The molecule has 0 saturated carbocycles. The maximum Gasteiger partial charge on any atom is 0.261 e. The number of sulfonamides is 1. The molecule has 0 aliphatic carbocycles. The second-order valence-corrected chi connectivity index (χ2v) is 8.94. The first-order chi connectivity index (χ1) is 14.8. The summed E-state index contributed by atoms with van der Waals surface area (Å²) in [5, 5.41) is 3.60. The lowest BCUT2D eigenvalue weighted by Gasteiger charge is -2.11. The maximum absolute atomic E-state index is 12.6. The summed E-state index contributed by atoms with van der Waals surface area (Å²) in [6.07, 6.45) is 5.14. The molecule has 31 heavy (non-hydrogen) atoms. The van der Waals surface area contributed by atoms with E-state index in [9.17, 15) is 8.42 Å². The third-order valence-electron chi connectivity index (χ3n) is 4.46. The van der Waals surface area contributed by atoms with Crippen molar-refractivity contribution in [2.45, 2.75) is 18.7 Å². The third-order valence-corrected chi connectivity index (χ3v) is 6.24. The van der Waals surface area contributed by atoms with Crippen molar-refractivity contribution < 1.29 is 8.42 Å². The molecule has 4 rings (SSSR count). The number of imidazole rings is 1. The van der Waals surface area contributed by atoms with Crippen LogP contribution in [0.4, 0.5) is 17.2 Å². The Bertz CT molecular complexity index is 1320. The number of halogens is 1. The van der Waals surface area contributed by atoms with Crippen LogP contribution in [0, 0.1) is 13.8 Å². The van der Waals surface area contributed by atoms with E-state index < -0.39 is 10.0 Å². The van der Waals surface area contributed by atoms with Gasteiger partial charge in [0.05, 0.1) is 4.90 Å². The van der Waals surface area contributed by atoms with E-state index in [0.29, 0.717) is 28.2 Å². The molecule has 2 heterocycles. The third kappa shape index (κ3) is 4.84. The standard InChI is InChI=1S/C21H19ClN6O2S/c1-14-3-8-18(11-19(14)22)31(29,30)27-17-6-4-16(5-7-17)26-20-12-21(25-15(2)24-20)28-10-9-23-13-28/h3-13,27H,1-2H3,(H,24,25,26). The van der Waals surface area contributed by atoms with Gasteiger partial charge in [0.15, 0.2) is 0 Å². The number of rotatable bonds is 6. The van der Waals surface area contributed by atoms with Gasteiger partial charge in [-0.2, -0.15) is 0 Å². The molecule has 0 aliphatic rings. The van der Waals surface area contributed by atoms with Crippen LogP contribution in [0.2, 0.25) is 5.02 Å². The summed E-state index contributed by atoms with van der Waals surface area (Å²) in [5.74, 6) is 1.90. The number of anilines is 3. The lowest BCUT2D eigenvalue weighted by atomic mass is 10.2. The molecule has 0 amide bonds. The van der Waals surface area contributed by atoms with Crippen LogP contribution in [-0.2, 0) is 10.0 Å². The molecule has 0 fully saturated rings. The van der Waals surface area contributed by atoms with Crippen molar-refractivity contribution in [3.05, 3.63) is 83.7 Å². The van der Waals surface area contributed by atoms with Crippen LogP contribution in [0.3, 0.4) is 0 Å². The van der Waals surface area contributed by atoms with E-state index in [0.717, 1.165) is 11.3 Å². The van der Waals surface area contributed by atoms with Crippen LogP contribution in [-0.4, -0.2) is 27.9 Å². The molecule has 2 aromatic carbocycles. The molecule has 0 atom stereocenters. The molecule has 4 aromatic rings. The Labute approximate surface area is 185 Å². The minimum atomic E-state index is -3.74. The van der Waals surface area contributed by atoms with E-state index in [4.69, 9.17) is 11.6 Å². The zero-order valence-corrected chi connectivity index (χ0v) is 18.3. The van der Waals surface area contributed by atoms with Crippen LogP contribution in [0.15, 0.2) is 72.1 Å². The number of hydrogen-bond donors (Lipinski definition) is 2. The normalized spacial score (nSPS) is 11.3. The van der Waals surface area contributed by atoms with E-state index >= 15 is 0 Å². The maximum atomic E-state index is 12.6. The number of benzene rings is 2. The van der Waals surface area contributed by atoms with Gasteiger partial charge >= 0.3 is 0 Å². The van der Waals surface area contributed by atoms with Crippen LogP contribution in [0.25, 0.3) is 5.82 Å². The van der Waals surface area contributed by atoms with Gasteiger partial charge in [0, 0.05) is 34.9 Å². The molecule has 2 N–H and O–H groups in total. The van der Waals surface area contributed by atoms with Gasteiger partial charge in [-0.3, -0.25) is 9.29 Å². The van der Waals surface area contributed by atoms with E-state index in [1.165, 1.54) is 12.1 Å². The first-order valence-corrected chi connectivity index (χ1v) is 11.2. The van der Waals surface area contributed by atoms with Crippen molar-refractivity contribution in [1.82, 2.24) is 19.5 Å². The fourth-order valence-corrected chi connectivity index (χ4v) is 4.20. The van der Waals surface area contributed by atoms with Gasteiger partial charge in [-0.1, -0.05) is 17.7 Å². The van der Waals surface area contributed by atoms with Gasteiger partial charge in [0.25, 0.3) is 10.0 Å². The highest BCUT2D eigenvalue weighted by Gasteiger charge is 2.15. The largest absolute Gasteiger partial charge is 0.340 e. The summed E-state index contributed by atoms with van der Waals surface area (Å²) >= 11 is 6.06. The number of nitrogens with zero attached hydrogens (tertiary/aromatic N) is 4. The molecule has 8 nitrogen and oxygen atoms in total. The number of aromatic nitrogens is 4. The highest BCUT2D eigenvalue weighted by molar-refractivity contribution is 7.92. The Morgan fingerprint density at radius 2 is 1.71 bits per heavy atom. The van der Waals surface area contributed by atoms with Gasteiger partial charge in [0.2, 0.25) is 0 Å². The Balaban J connectivity index is 1.50. The van der Waals surface area contributed by atoms with Gasteiger partial charge in [-0.15, -0.1) is 0 Å².